The summed E-state index contributed by atoms with van der Waals surface area (Å²) in [6.07, 6.45) is 6.06. The molecule has 4 nitrogen and oxygen atoms in total. The largest absolute Gasteiger partial charge is 0.347 e. The van der Waals surface area contributed by atoms with Crippen LogP contribution in [0.5, 0.6) is 0 Å². The van der Waals surface area contributed by atoms with Crippen molar-refractivity contribution in [3.8, 4) is 0 Å². The van der Waals surface area contributed by atoms with Crippen molar-refractivity contribution in [3.63, 3.8) is 0 Å². The Morgan fingerprint density at radius 3 is 3.00 bits per heavy atom. The zero-order valence-corrected chi connectivity index (χ0v) is 13.8. The second kappa shape index (κ2) is 7.65. The molecular weight excluding hydrogens is 298 g/mol. The van der Waals surface area contributed by atoms with E-state index in [0.29, 0.717) is 12.5 Å². The van der Waals surface area contributed by atoms with Gasteiger partial charge in [0.05, 0.1) is 5.52 Å². The van der Waals surface area contributed by atoms with Gasteiger partial charge < -0.3 is 15.2 Å². The molecule has 1 unspecified atom stereocenters. The number of hydrogen-bond donors (Lipinski definition) is 2. The lowest BCUT2D eigenvalue weighted by Crippen LogP contribution is -2.27. The first-order valence-electron chi connectivity index (χ1n) is 7.88. The molecule has 1 aromatic heterocycles. The lowest BCUT2D eigenvalue weighted by molar-refractivity contribution is -0.116. The fraction of sp³-hybridized carbons (Fsp3) is 0.471. The van der Waals surface area contributed by atoms with Crippen LogP contribution in [0.3, 0.4) is 0 Å². The molecule has 120 valence electrons. The highest BCUT2D eigenvalue weighted by Crippen LogP contribution is 2.21. The second-order valence-corrected chi connectivity index (χ2v) is 5.83. The summed E-state index contributed by atoms with van der Waals surface area (Å²) in [7, 11) is 0. The molecular formula is C17H24ClN3O. The Morgan fingerprint density at radius 1 is 1.41 bits per heavy atom. The maximum Gasteiger partial charge on any atom is 0.225 e. The van der Waals surface area contributed by atoms with Crippen LogP contribution in [0.2, 0.25) is 0 Å². The minimum Gasteiger partial charge on any atom is -0.347 e. The summed E-state index contributed by atoms with van der Waals surface area (Å²) < 4.78 is 2.24. The lowest BCUT2D eigenvalue weighted by atomic mass is 10.1. The van der Waals surface area contributed by atoms with Gasteiger partial charge in [-0.25, -0.2) is 0 Å². The highest BCUT2D eigenvalue weighted by Gasteiger charge is 2.17. The van der Waals surface area contributed by atoms with Crippen LogP contribution in [0.15, 0.2) is 30.5 Å². The first-order chi connectivity index (χ1) is 10.3. The number of nitrogens with zero attached hydrogens (tertiary/aromatic N) is 1. The van der Waals surface area contributed by atoms with Crippen LogP contribution in [-0.4, -0.2) is 23.1 Å². The van der Waals surface area contributed by atoms with Crippen molar-refractivity contribution in [3.05, 3.63) is 30.5 Å². The molecule has 1 atom stereocenters. The van der Waals surface area contributed by atoms with Gasteiger partial charge in [-0.1, -0.05) is 13.0 Å². The Hall–Kier alpha value is -1.52. The van der Waals surface area contributed by atoms with E-state index in [9.17, 15) is 4.79 Å². The van der Waals surface area contributed by atoms with Gasteiger partial charge in [0.25, 0.3) is 0 Å². The molecule has 0 radical (unpaired) electrons. The Bertz CT molecular complexity index is 632. The molecule has 1 aromatic carbocycles. The van der Waals surface area contributed by atoms with E-state index < -0.39 is 0 Å². The minimum atomic E-state index is 0. The van der Waals surface area contributed by atoms with Crippen LogP contribution in [-0.2, 0) is 11.3 Å². The summed E-state index contributed by atoms with van der Waals surface area (Å²) in [5.74, 6) is 0.0994. The molecule has 0 aliphatic carbocycles. The first kappa shape index (κ1) is 16.8. The number of aryl methyl sites for hydroxylation is 1. The van der Waals surface area contributed by atoms with Crippen LogP contribution < -0.4 is 10.6 Å². The van der Waals surface area contributed by atoms with E-state index >= 15 is 0 Å². The van der Waals surface area contributed by atoms with Crippen LogP contribution in [0.4, 0.5) is 5.69 Å². The maximum atomic E-state index is 12.1. The van der Waals surface area contributed by atoms with Crippen molar-refractivity contribution < 1.29 is 4.79 Å². The number of carbonyl (C=O) groups is 1. The number of halogens is 1. The number of fused-ring (bicyclic) bond motifs is 1. The van der Waals surface area contributed by atoms with E-state index in [4.69, 9.17) is 0 Å². The van der Waals surface area contributed by atoms with Crippen LogP contribution in [0.1, 0.15) is 32.6 Å². The number of carbonyl (C=O) groups excluding carboxylic acids is 1. The molecule has 1 fully saturated rings. The van der Waals surface area contributed by atoms with Crippen molar-refractivity contribution in [2.45, 2.75) is 45.2 Å². The third-order valence-corrected chi connectivity index (χ3v) is 4.12. The van der Waals surface area contributed by atoms with Gasteiger partial charge in [-0.15, -0.1) is 12.4 Å². The predicted molar refractivity (Wildman–Crippen MR) is 93.7 cm³/mol. The fourth-order valence-corrected chi connectivity index (χ4v) is 3.06. The predicted octanol–water partition coefficient (Wildman–Crippen LogP) is 3.55. The highest BCUT2D eigenvalue weighted by atomic mass is 35.5. The number of nitrogens with one attached hydrogen (secondary N) is 2. The summed E-state index contributed by atoms with van der Waals surface area (Å²) in [6, 6.07) is 8.60. The molecule has 2 aromatic rings. The average molecular weight is 322 g/mol. The molecule has 3 rings (SSSR count). The minimum absolute atomic E-state index is 0. The van der Waals surface area contributed by atoms with Gasteiger partial charge >= 0.3 is 0 Å². The standard InChI is InChI=1S/C17H23N3O.ClH/c1-2-9-20-10-7-13-5-6-15(11-16(13)20)19-17(21)12-14-4-3-8-18-14;/h5-7,10-11,14,18H,2-4,8-9,12H2,1H3,(H,19,21);1H. The van der Waals surface area contributed by atoms with Crippen molar-refractivity contribution in [1.29, 1.82) is 0 Å². The summed E-state index contributed by atoms with van der Waals surface area (Å²) in [5.41, 5.74) is 2.08. The average Bonchev–Trinajstić information content (AvgIpc) is 3.09. The number of hydrogen-bond acceptors (Lipinski definition) is 2. The zero-order chi connectivity index (χ0) is 14.7. The first-order valence-corrected chi connectivity index (χ1v) is 7.88. The molecule has 0 bridgehead atoms. The normalized spacial score (nSPS) is 17.4. The van der Waals surface area contributed by atoms with Gasteiger partial charge in [-0.3, -0.25) is 4.79 Å². The Kier molecular flexibility index (Phi) is 5.86. The van der Waals surface area contributed by atoms with Gasteiger partial charge in [0.2, 0.25) is 5.91 Å². The monoisotopic (exact) mass is 321 g/mol. The van der Waals surface area contributed by atoms with Crippen LogP contribution in [0, 0.1) is 0 Å². The molecule has 0 spiro atoms. The van der Waals surface area contributed by atoms with E-state index in [-0.39, 0.29) is 18.3 Å². The SMILES string of the molecule is CCCn1ccc2ccc(NC(=O)CC3CCCN3)cc21.Cl. The molecule has 1 aliphatic heterocycles. The van der Waals surface area contributed by atoms with E-state index in [2.05, 4.69) is 46.5 Å². The summed E-state index contributed by atoms with van der Waals surface area (Å²) in [5, 5.41) is 7.61. The Balaban J connectivity index is 0.00000176. The van der Waals surface area contributed by atoms with Crippen molar-refractivity contribution in [2.24, 2.45) is 0 Å². The summed E-state index contributed by atoms with van der Waals surface area (Å²) in [6.45, 7) is 4.22. The van der Waals surface area contributed by atoms with Gasteiger partial charge in [0.1, 0.15) is 0 Å². The van der Waals surface area contributed by atoms with Crippen LogP contribution >= 0.6 is 12.4 Å². The second-order valence-electron chi connectivity index (χ2n) is 5.83. The van der Waals surface area contributed by atoms with E-state index in [0.717, 1.165) is 31.6 Å². The van der Waals surface area contributed by atoms with Crippen molar-refractivity contribution >= 4 is 34.9 Å². The Morgan fingerprint density at radius 2 is 2.27 bits per heavy atom. The van der Waals surface area contributed by atoms with E-state index in [1.165, 1.54) is 17.3 Å². The molecule has 1 aliphatic rings. The zero-order valence-electron chi connectivity index (χ0n) is 13.0. The summed E-state index contributed by atoms with van der Waals surface area (Å²) in [4.78, 5) is 12.1. The van der Waals surface area contributed by atoms with Crippen LogP contribution in [0.25, 0.3) is 10.9 Å². The third kappa shape index (κ3) is 3.81. The molecule has 22 heavy (non-hydrogen) atoms. The third-order valence-electron chi connectivity index (χ3n) is 4.12. The van der Waals surface area contributed by atoms with E-state index in [1.807, 2.05) is 6.07 Å². The molecule has 1 saturated heterocycles. The van der Waals surface area contributed by atoms with Crippen molar-refractivity contribution in [2.75, 3.05) is 11.9 Å². The number of benzene rings is 1. The molecule has 1 amide bonds. The van der Waals surface area contributed by atoms with Gasteiger partial charge in [-0.2, -0.15) is 0 Å². The molecule has 0 saturated carbocycles. The quantitative estimate of drug-likeness (QED) is 0.884. The van der Waals surface area contributed by atoms with Gasteiger partial charge in [0.15, 0.2) is 0 Å². The molecule has 2 heterocycles. The fourth-order valence-electron chi connectivity index (χ4n) is 3.06. The van der Waals surface area contributed by atoms with E-state index in [1.54, 1.807) is 0 Å². The number of anilines is 1. The maximum absolute atomic E-state index is 12.1. The van der Waals surface area contributed by atoms with Gasteiger partial charge in [-0.05, 0) is 49.4 Å². The Labute approximate surface area is 137 Å². The molecule has 2 N–H and O–H groups in total. The number of rotatable bonds is 5. The molecule has 5 heteroatoms. The summed E-state index contributed by atoms with van der Waals surface area (Å²) >= 11 is 0. The highest BCUT2D eigenvalue weighted by molar-refractivity contribution is 5.94. The van der Waals surface area contributed by atoms with Crippen molar-refractivity contribution in [1.82, 2.24) is 9.88 Å². The smallest absolute Gasteiger partial charge is 0.225 e. The van der Waals surface area contributed by atoms with Gasteiger partial charge in [0, 0.05) is 30.9 Å². The topological polar surface area (TPSA) is 46.1 Å². The lowest BCUT2D eigenvalue weighted by Gasteiger charge is -2.11. The number of aromatic nitrogens is 1. The number of amides is 1.